The molecule has 2 atom stereocenters. The van der Waals surface area contributed by atoms with E-state index < -0.39 is 36.3 Å². The van der Waals surface area contributed by atoms with E-state index in [1.807, 2.05) is 56.9 Å². The van der Waals surface area contributed by atoms with Gasteiger partial charge in [-0.05, 0) is 70.0 Å². The molecule has 0 saturated carbocycles. The van der Waals surface area contributed by atoms with Gasteiger partial charge in [0.15, 0.2) is 0 Å². The van der Waals surface area contributed by atoms with Crippen molar-refractivity contribution in [2.45, 2.75) is 71.4 Å². The first-order chi connectivity index (χ1) is 20.1. The number of carbonyl (C=O) groups excluding carboxylic acids is 2. The lowest BCUT2D eigenvalue weighted by Crippen LogP contribution is -2.51. The van der Waals surface area contributed by atoms with E-state index in [4.69, 9.17) is 14.2 Å². The van der Waals surface area contributed by atoms with E-state index in [1.165, 1.54) is 11.7 Å². The molecule has 2 heterocycles. The molecule has 0 N–H and O–H groups in total. The summed E-state index contributed by atoms with van der Waals surface area (Å²) in [5.74, 6) is 0.188. The van der Waals surface area contributed by atoms with Crippen LogP contribution in [0, 0.1) is 6.92 Å². The number of hydrogen-bond donors (Lipinski definition) is 0. The van der Waals surface area contributed by atoms with Crippen molar-refractivity contribution in [3.8, 4) is 5.75 Å². The lowest BCUT2D eigenvalue weighted by molar-refractivity contribution is -0.148. The zero-order valence-corrected chi connectivity index (χ0v) is 25.7. The summed E-state index contributed by atoms with van der Waals surface area (Å²) in [4.78, 5) is 29.2. The summed E-state index contributed by atoms with van der Waals surface area (Å²) in [5.41, 5.74) is 3.00. The Morgan fingerprint density at radius 2 is 1.72 bits per heavy atom. The zero-order chi connectivity index (χ0) is 31.7. The van der Waals surface area contributed by atoms with Crippen LogP contribution in [0.15, 0.2) is 42.6 Å². The van der Waals surface area contributed by atoms with Crippen molar-refractivity contribution in [1.29, 1.82) is 0 Å². The first kappa shape index (κ1) is 32.3. The second kappa shape index (κ2) is 12.6. The number of aromatic nitrogens is 1. The first-order valence-corrected chi connectivity index (χ1v) is 14.3. The number of benzene rings is 2. The number of rotatable bonds is 7. The maximum atomic E-state index is 13.3. The number of nitrogens with zero attached hydrogens (tertiary/aromatic N) is 3. The summed E-state index contributed by atoms with van der Waals surface area (Å²) < 4.78 is 57.6. The van der Waals surface area contributed by atoms with Gasteiger partial charge in [-0.3, -0.25) is 14.4 Å². The van der Waals surface area contributed by atoms with Gasteiger partial charge in [0.1, 0.15) is 11.4 Å². The highest BCUT2D eigenvalue weighted by Crippen LogP contribution is 2.37. The Kier molecular flexibility index (Phi) is 9.46. The summed E-state index contributed by atoms with van der Waals surface area (Å²) in [6.45, 7) is 10.7. The van der Waals surface area contributed by atoms with Gasteiger partial charge in [0.2, 0.25) is 0 Å². The maximum Gasteiger partial charge on any atom is 0.419 e. The molecule has 1 saturated heterocycles. The number of carbonyl (C=O) groups is 2. The van der Waals surface area contributed by atoms with Crippen molar-refractivity contribution in [1.82, 2.24) is 14.4 Å². The molecule has 0 amide bonds. The molecule has 0 radical (unpaired) electrons. The van der Waals surface area contributed by atoms with Crippen molar-refractivity contribution in [2.75, 3.05) is 33.9 Å². The number of esters is 1. The third kappa shape index (κ3) is 7.51. The molecule has 0 spiro atoms. The molecule has 0 bridgehead atoms. The summed E-state index contributed by atoms with van der Waals surface area (Å²) in [5, 5.41) is 0.829. The molecule has 1 aliphatic rings. The smallest absolute Gasteiger partial charge is 0.419 e. The molecule has 4 rings (SSSR count). The van der Waals surface area contributed by atoms with Crippen LogP contribution in [0.1, 0.15) is 67.2 Å². The highest BCUT2D eigenvalue weighted by Gasteiger charge is 2.37. The number of hydrogen-bond acceptors (Lipinski definition) is 7. The average molecular weight is 604 g/mol. The van der Waals surface area contributed by atoms with Crippen molar-refractivity contribution >= 4 is 23.0 Å². The van der Waals surface area contributed by atoms with Crippen molar-refractivity contribution in [2.24, 2.45) is 0 Å². The maximum absolute atomic E-state index is 13.3. The lowest BCUT2D eigenvalue weighted by Gasteiger charge is -2.44. The third-order valence-corrected chi connectivity index (χ3v) is 7.79. The second-order valence-electron chi connectivity index (χ2n) is 12.1. The molecule has 8 nitrogen and oxygen atoms in total. The number of methoxy groups -OCH3 is 2. The predicted octanol–water partition coefficient (Wildman–Crippen LogP) is 6.73. The Bertz CT molecular complexity index is 1460. The van der Waals surface area contributed by atoms with Crippen LogP contribution in [0.2, 0.25) is 0 Å². The molecule has 43 heavy (non-hydrogen) atoms. The van der Waals surface area contributed by atoms with E-state index in [1.54, 1.807) is 32.4 Å². The van der Waals surface area contributed by atoms with Gasteiger partial charge in [-0.1, -0.05) is 12.1 Å². The lowest BCUT2D eigenvalue weighted by atomic mass is 9.97. The molecular formula is C32H40F3N3O5. The first-order valence-electron chi connectivity index (χ1n) is 14.3. The van der Waals surface area contributed by atoms with E-state index in [-0.39, 0.29) is 6.04 Å². The molecule has 2 aromatic carbocycles. The minimum Gasteiger partial charge on any atom is -0.496 e. The predicted molar refractivity (Wildman–Crippen MR) is 157 cm³/mol. The number of fused-ring (bicyclic) bond motifs is 1. The fraction of sp³-hybridized carbons (Fsp3) is 0.500. The quantitative estimate of drug-likeness (QED) is 0.278. The van der Waals surface area contributed by atoms with Crippen LogP contribution >= 0.6 is 0 Å². The van der Waals surface area contributed by atoms with Crippen LogP contribution in [0.3, 0.4) is 0 Å². The monoisotopic (exact) mass is 603 g/mol. The summed E-state index contributed by atoms with van der Waals surface area (Å²) in [7, 11) is 2.90. The highest BCUT2D eigenvalue weighted by molar-refractivity contribution is 5.95. The Balaban J connectivity index is 1.73. The molecular weight excluding hydrogens is 563 g/mol. The van der Waals surface area contributed by atoms with E-state index in [0.29, 0.717) is 43.0 Å². The fourth-order valence-electron chi connectivity index (χ4n) is 5.75. The van der Waals surface area contributed by atoms with Gasteiger partial charge in [0, 0.05) is 55.4 Å². The van der Waals surface area contributed by atoms with Crippen LogP contribution in [0.4, 0.5) is 18.0 Å². The molecule has 1 unspecified atom stereocenters. The molecule has 234 valence electrons. The number of halogens is 3. The van der Waals surface area contributed by atoms with E-state index in [0.717, 1.165) is 22.1 Å². The SMILES string of the molecule is COC(=O)c1ccc([C@@H]2CN(C(C)CC(F)(F)F)CCN2Cc2c(OC)cc(C)c3c2ccn3C(=O)OC(C)(C)C)cc1. The number of piperazine rings is 1. The van der Waals surface area contributed by atoms with Crippen LogP contribution in [0.25, 0.3) is 10.9 Å². The Morgan fingerprint density at radius 3 is 2.30 bits per heavy atom. The number of aryl methyl sites for hydroxylation is 1. The summed E-state index contributed by atoms with van der Waals surface area (Å²) in [6, 6.07) is 9.77. The highest BCUT2D eigenvalue weighted by atomic mass is 19.4. The summed E-state index contributed by atoms with van der Waals surface area (Å²) >= 11 is 0. The number of ether oxygens (including phenoxy) is 3. The van der Waals surface area contributed by atoms with Crippen LogP contribution < -0.4 is 4.74 Å². The standard InChI is InChI=1S/C32H40F3N3O5/c1-20-16-27(41-6)25(24-12-13-38(28(20)24)30(40)43-31(3,4)5)18-37-15-14-36(21(2)17-32(33,34)35)19-26(37)22-8-10-23(11-9-22)29(39)42-7/h8-13,16,21,26H,14-15,17-19H2,1-7H3/t21?,26-/m0/s1. The Labute approximate surface area is 250 Å². The van der Waals surface area contributed by atoms with Gasteiger partial charge in [0.25, 0.3) is 0 Å². The topological polar surface area (TPSA) is 73.2 Å². The van der Waals surface area contributed by atoms with Gasteiger partial charge >= 0.3 is 18.2 Å². The van der Waals surface area contributed by atoms with Gasteiger partial charge in [-0.25, -0.2) is 9.59 Å². The normalized spacial score (nSPS) is 17.6. The average Bonchev–Trinajstić information content (AvgIpc) is 3.39. The Hall–Kier alpha value is -3.57. The van der Waals surface area contributed by atoms with E-state index >= 15 is 0 Å². The van der Waals surface area contributed by atoms with Crippen LogP contribution in [0.5, 0.6) is 5.75 Å². The van der Waals surface area contributed by atoms with Gasteiger partial charge < -0.3 is 14.2 Å². The summed E-state index contributed by atoms with van der Waals surface area (Å²) in [6.07, 6.45) is -3.96. The molecule has 1 aromatic heterocycles. The minimum atomic E-state index is -4.27. The van der Waals surface area contributed by atoms with Crippen molar-refractivity contribution in [3.05, 3.63) is 64.8 Å². The third-order valence-electron chi connectivity index (χ3n) is 7.79. The molecule has 11 heteroatoms. The number of alkyl halides is 3. The largest absolute Gasteiger partial charge is 0.496 e. The minimum absolute atomic E-state index is 0.273. The van der Waals surface area contributed by atoms with Crippen LogP contribution in [-0.2, 0) is 16.0 Å². The van der Waals surface area contributed by atoms with Crippen LogP contribution in [-0.4, -0.2) is 78.1 Å². The van der Waals surface area contributed by atoms with E-state index in [2.05, 4.69) is 4.90 Å². The van der Waals surface area contributed by atoms with Crippen molar-refractivity contribution in [3.63, 3.8) is 0 Å². The second-order valence-corrected chi connectivity index (χ2v) is 12.1. The molecule has 1 fully saturated rings. The molecule has 1 aliphatic heterocycles. The zero-order valence-electron chi connectivity index (χ0n) is 25.7. The van der Waals surface area contributed by atoms with Gasteiger partial charge in [-0.2, -0.15) is 13.2 Å². The molecule has 0 aliphatic carbocycles. The fourth-order valence-corrected chi connectivity index (χ4v) is 5.75. The van der Waals surface area contributed by atoms with E-state index in [9.17, 15) is 22.8 Å². The van der Waals surface area contributed by atoms with Gasteiger partial charge in [-0.15, -0.1) is 0 Å². The Morgan fingerprint density at radius 1 is 1.05 bits per heavy atom. The molecule has 3 aromatic rings. The van der Waals surface area contributed by atoms with Gasteiger partial charge in [0.05, 0.1) is 31.7 Å². The van der Waals surface area contributed by atoms with Crippen molar-refractivity contribution < 1.29 is 37.0 Å².